The lowest BCUT2D eigenvalue weighted by Crippen LogP contribution is -2.46. The molecule has 2 heterocycles. The average molecular weight is 584 g/mol. The molecule has 2 atom stereocenters. The van der Waals surface area contributed by atoms with Crippen LogP contribution in [0.15, 0.2) is 46.3 Å². The van der Waals surface area contributed by atoms with Crippen molar-refractivity contribution in [3.8, 4) is 17.0 Å². The SMILES string of the molecule is Cc1ccc(OCc2ccc(Br)cc2C)c(-c2csc(N3CC4CCC(C3)C4C(=O)OC(C)(C)C)n2)c1. The van der Waals surface area contributed by atoms with E-state index in [-0.39, 0.29) is 11.9 Å². The fourth-order valence-electron chi connectivity index (χ4n) is 5.61. The monoisotopic (exact) mass is 582 g/mol. The minimum atomic E-state index is -0.443. The minimum Gasteiger partial charge on any atom is -0.488 e. The van der Waals surface area contributed by atoms with E-state index in [0.717, 1.165) is 58.1 Å². The summed E-state index contributed by atoms with van der Waals surface area (Å²) in [5.74, 6) is 1.48. The van der Waals surface area contributed by atoms with Crippen molar-refractivity contribution in [3.05, 3.63) is 62.9 Å². The summed E-state index contributed by atoms with van der Waals surface area (Å²) in [5.41, 5.74) is 5.05. The van der Waals surface area contributed by atoms with Gasteiger partial charge in [-0.2, -0.15) is 0 Å². The highest BCUT2D eigenvalue weighted by molar-refractivity contribution is 9.10. The van der Waals surface area contributed by atoms with Gasteiger partial charge in [0.05, 0.1) is 11.6 Å². The minimum absolute atomic E-state index is 0.00810. The number of fused-ring (bicyclic) bond motifs is 2. The van der Waals surface area contributed by atoms with E-state index in [1.54, 1.807) is 11.3 Å². The second kappa shape index (κ2) is 10.4. The van der Waals surface area contributed by atoms with Gasteiger partial charge in [0.1, 0.15) is 18.0 Å². The van der Waals surface area contributed by atoms with Crippen LogP contribution in [0.4, 0.5) is 5.13 Å². The second-order valence-corrected chi connectivity index (χ2v) is 13.2. The zero-order valence-electron chi connectivity index (χ0n) is 22.2. The Morgan fingerprint density at radius 3 is 2.51 bits per heavy atom. The molecule has 5 nitrogen and oxygen atoms in total. The molecule has 1 aliphatic carbocycles. The second-order valence-electron chi connectivity index (χ2n) is 11.4. The van der Waals surface area contributed by atoms with E-state index in [9.17, 15) is 4.79 Å². The first-order chi connectivity index (χ1) is 17.6. The molecule has 0 N–H and O–H groups in total. The van der Waals surface area contributed by atoms with Gasteiger partial charge in [0.25, 0.3) is 0 Å². The number of aryl methyl sites for hydroxylation is 2. The maximum absolute atomic E-state index is 12.9. The van der Waals surface area contributed by atoms with Crippen molar-refractivity contribution in [3.63, 3.8) is 0 Å². The van der Waals surface area contributed by atoms with Crippen LogP contribution in [0.25, 0.3) is 11.3 Å². The van der Waals surface area contributed by atoms with Crippen molar-refractivity contribution in [2.75, 3.05) is 18.0 Å². The molecule has 0 amide bonds. The Balaban J connectivity index is 1.32. The third kappa shape index (κ3) is 5.88. The van der Waals surface area contributed by atoms with E-state index < -0.39 is 5.60 Å². The number of nitrogens with zero attached hydrogens (tertiary/aromatic N) is 2. The van der Waals surface area contributed by atoms with Crippen LogP contribution in [0.5, 0.6) is 5.75 Å². The number of piperidine rings is 1. The summed E-state index contributed by atoms with van der Waals surface area (Å²) in [6, 6.07) is 12.5. The number of carbonyl (C=O) groups excluding carboxylic acids is 1. The summed E-state index contributed by atoms with van der Waals surface area (Å²) in [5, 5.41) is 3.15. The van der Waals surface area contributed by atoms with Gasteiger partial charge in [0.2, 0.25) is 0 Å². The molecule has 5 rings (SSSR count). The zero-order valence-corrected chi connectivity index (χ0v) is 24.6. The van der Waals surface area contributed by atoms with Crippen molar-refractivity contribution in [1.29, 1.82) is 0 Å². The predicted octanol–water partition coefficient (Wildman–Crippen LogP) is 7.57. The molecular weight excluding hydrogens is 548 g/mol. The van der Waals surface area contributed by atoms with Crippen molar-refractivity contribution < 1.29 is 14.3 Å². The average Bonchev–Trinajstić information content (AvgIpc) is 3.41. The molecule has 2 bridgehead atoms. The number of halogens is 1. The molecule has 2 aromatic carbocycles. The van der Waals surface area contributed by atoms with Gasteiger partial charge in [0.15, 0.2) is 5.13 Å². The Morgan fingerprint density at radius 1 is 1.11 bits per heavy atom. The standard InChI is InChI=1S/C30H35BrN2O3S/c1-18-6-11-26(35-16-22-9-10-23(31)13-19(22)2)24(12-18)25-17-37-29(32-25)33-14-20-7-8-21(15-33)27(20)28(34)36-30(3,4)5/h6,9-13,17,20-21,27H,7-8,14-16H2,1-5H3. The fourth-order valence-corrected chi connectivity index (χ4v) is 6.93. The summed E-state index contributed by atoms with van der Waals surface area (Å²) in [6.07, 6.45) is 2.16. The summed E-state index contributed by atoms with van der Waals surface area (Å²) < 4.78 is 13.2. The van der Waals surface area contributed by atoms with Crippen molar-refractivity contribution >= 4 is 38.4 Å². The van der Waals surface area contributed by atoms with Crippen LogP contribution in [0.3, 0.4) is 0 Å². The topological polar surface area (TPSA) is 51.7 Å². The van der Waals surface area contributed by atoms with E-state index in [2.05, 4.69) is 64.3 Å². The molecule has 1 aliphatic heterocycles. The van der Waals surface area contributed by atoms with Crippen molar-refractivity contribution in [2.45, 2.75) is 59.7 Å². The Kier molecular flexibility index (Phi) is 7.38. The lowest BCUT2D eigenvalue weighted by molar-refractivity contribution is -0.163. The molecule has 2 aliphatic rings. The molecule has 196 valence electrons. The van der Waals surface area contributed by atoms with Gasteiger partial charge >= 0.3 is 5.97 Å². The van der Waals surface area contributed by atoms with Crippen LogP contribution in [0.2, 0.25) is 0 Å². The number of benzene rings is 2. The highest BCUT2D eigenvalue weighted by Gasteiger charge is 2.47. The summed E-state index contributed by atoms with van der Waals surface area (Å²) >= 11 is 5.21. The molecule has 0 radical (unpaired) electrons. The lowest BCUT2D eigenvalue weighted by Gasteiger charge is -2.37. The van der Waals surface area contributed by atoms with E-state index in [0.29, 0.717) is 18.4 Å². The Hall–Kier alpha value is -2.38. The number of esters is 1. The first kappa shape index (κ1) is 26.2. The number of carbonyl (C=O) groups is 1. The summed E-state index contributed by atoms with van der Waals surface area (Å²) in [4.78, 5) is 20.3. The van der Waals surface area contributed by atoms with Gasteiger partial charge in [-0.15, -0.1) is 11.3 Å². The van der Waals surface area contributed by atoms with E-state index in [4.69, 9.17) is 14.5 Å². The van der Waals surface area contributed by atoms with Crippen LogP contribution >= 0.6 is 27.3 Å². The largest absolute Gasteiger partial charge is 0.488 e. The van der Waals surface area contributed by atoms with Gasteiger partial charge < -0.3 is 14.4 Å². The first-order valence-electron chi connectivity index (χ1n) is 13.0. The highest BCUT2D eigenvalue weighted by Crippen LogP contribution is 2.45. The number of ether oxygens (including phenoxy) is 2. The maximum atomic E-state index is 12.9. The Morgan fingerprint density at radius 2 is 1.84 bits per heavy atom. The number of rotatable bonds is 6. The van der Waals surface area contributed by atoms with Crippen LogP contribution in [-0.2, 0) is 16.1 Å². The van der Waals surface area contributed by atoms with Gasteiger partial charge in [0, 0.05) is 28.5 Å². The number of hydrogen-bond acceptors (Lipinski definition) is 6. The zero-order chi connectivity index (χ0) is 26.3. The molecule has 2 fully saturated rings. The van der Waals surface area contributed by atoms with Gasteiger partial charge in [-0.3, -0.25) is 4.79 Å². The quantitative estimate of drug-likeness (QED) is 0.280. The molecule has 1 saturated carbocycles. The first-order valence-corrected chi connectivity index (χ1v) is 14.7. The van der Waals surface area contributed by atoms with E-state index in [1.165, 1.54) is 11.1 Å². The smallest absolute Gasteiger partial charge is 0.310 e. The third-order valence-electron chi connectivity index (χ3n) is 7.37. The molecule has 1 saturated heterocycles. The van der Waals surface area contributed by atoms with Crippen molar-refractivity contribution in [1.82, 2.24) is 4.98 Å². The van der Waals surface area contributed by atoms with Gasteiger partial charge in [-0.05, 0) is 94.7 Å². The van der Waals surface area contributed by atoms with Crippen LogP contribution in [-0.4, -0.2) is 29.6 Å². The predicted molar refractivity (Wildman–Crippen MR) is 153 cm³/mol. The van der Waals surface area contributed by atoms with Gasteiger partial charge in [-0.1, -0.05) is 33.6 Å². The summed E-state index contributed by atoms with van der Waals surface area (Å²) in [7, 11) is 0. The highest BCUT2D eigenvalue weighted by atomic mass is 79.9. The summed E-state index contributed by atoms with van der Waals surface area (Å²) in [6.45, 7) is 12.3. The van der Waals surface area contributed by atoms with E-state index in [1.807, 2.05) is 32.9 Å². The molecule has 37 heavy (non-hydrogen) atoms. The van der Waals surface area contributed by atoms with Crippen LogP contribution in [0.1, 0.15) is 50.3 Å². The molecular formula is C30H35BrN2O3S. The Bertz CT molecular complexity index is 1280. The van der Waals surface area contributed by atoms with Crippen LogP contribution in [0, 0.1) is 31.6 Å². The maximum Gasteiger partial charge on any atom is 0.310 e. The molecule has 3 aromatic rings. The Labute approximate surface area is 232 Å². The molecule has 1 aromatic heterocycles. The normalized spacial score (nSPS) is 21.2. The van der Waals surface area contributed by atoms with E-state index >= 15 is 0 Å². The number of hydrogen-bond donors (Lipinski definition) is 0. The lowest BCUT2D eigenvalue weighted by atomic mass is 9.85. The molecule has 0 spiro atoms. The number of thiazole rings is 1. The number of aromatic nitrogens is 1. The van der Waals surface area contributed by atoms with Crippen LogP contribution < -0.4 is 9.64 Å². The molecule has 7 heteroatoms. The van der Waals surface area contributed by atoms with Crippen molar-refractivity contribution in [2.24, 2.45) is 17.8 Å². The van der Waals surface area contributed by atoms with Gasteiger partial charge in [-0.25, -0.2) is 4.98 Å². The molecule has 2 unspecified atom stereocenters. The fraction of sp³-hybridized carbons (Fsp3) is 0.467. The number of anilines is 1. The third-order valence-corrected chi connectivity index (χ3v) is 8.77.